The van der Waals surface area contributed by atoms with Crippen molar-refractivity contribution in [3.63, 3.8) is 0 Å². The molecule has 0 aliphatic rings. The maximum absolute atomic E-state index is 12.2. The lowest BCUT2D eigenvalue weighted by Gasteiger charge is -2.07. The molecule has 0 aliphatic carbocycles. The fourth-order valence-corrected chi connectivity index (χ4v) is 3.47. The minimum Gasteiger partial charge on any atom is -0.325 e. The SMILES string of the molecule is CC(=O)c1ccc(NC(=O)CSc2cccc(NC(=O)/C=C/c3ccccc3)c2)cc1. The van der Waals surface area contributed by atoms with Gasteiger partial charge < -0.3 is 10.6 Å². The van der Waals surface area contributed by atoms with Crippen molar-refractivity contribution in [2.24, 2.45) is 0 Å². The van der Waals surface area contributed by atoms with Crippen molar-refractivity contribution in [3.05, 3.63) is 96.1 Å². The van der Waals surface area contributed by atoms with Gasteiger partial charge in [-0.2, -0.15) is 0 Å². The average molecular weight is 431 g/mol. The Morgan fingerprint density at radius 2 is 1.58 bits per heavy atom. The number of Topliss-reactive ketones (excluding diaryl/α,β-unsaturated/α-hetero) is 1. The molecule has 0 radical (unpaired) electrons. The van der Waals surface area contributed by atoms with Gasteiger partial charge in [0.2, 0.25) is 11.8 Å². The largest absolute Gasteiger partial charge is 0.325 e. The number of amides is 2. The number of ketones is 1. The number of carbonyl (C=O) groups excluding carboxylic acids is 3. The van der Waals surface area contributed by atoms with Gasteiger partial charge in [0, 0.05) is 27.9 Å². The number of carbonyl (C=O) groups is 3. The smallest absolute Gasteiger partial charge is 0.248 e. The number of nitrogens with one attached hydrogen (secondary N) is 2. The molecule has 0 spiro atoms. The van der Waals surface area contributed by atoms with E-state index in [0.29, 0.717) is 16.9 Å². The Morgan fingerprint density at radius 3 is 2.29 bits per heavy atom. The summed E-state index contributed by atoms with van der Waals surface area (Å²) in [6, 6.07) is 23.7. The zero-order valence-corrected chi connectivity index (χ0v) is 17.8. The van der Waals surface area contributed by atoms with E-state index < -0.39 is 0 Å². The van der Waals surface area contributed by atoms with Gasteiger partial charge in [-0.1, -0.05) is 36.4 Å². The summed E-state index contributed by atoms with van der Waals surface area (Å²) in [7, 11) is 0. The first-order valence-electron chi connectivity index (χ1n) is 9.67. The van der Waals surface area contributed by atoms with Gasteiger partial charge >= 0.3 is 0 Å². The number of anilines is 2. The summed E-state index contributed by atoms with van der Waals surface area (Å²) in [5.74, 6) is -0.172. The van der Waals surface area contributed by atoms with Crippen molar-refractivity contribution in [1.82, 2.24) is 0 Å². The quantitative estimate of drug-likeness (QED) is 0.290. The van der Waals surface area contributed by atoms with E-state index in [2.05, 4.69) is 10.6 Å². The molecule has 31 heavy (non-hydrogen) atoms. The minimum atomic E-state index is -0.224. The van der Waals surface area contributed by atoms with Gasteiger partial charge in [0.1, 0.15) is 0 Å². The Kier molecular flexibility index (Phi) is 7.79. The van der Waals surface area contributed by atoms with Crippen LogP contribution in [-0.4, -0.2) is 23.4 Å². The Morgan fingerprint density at radius 1 is 0.839 bits per heavy atom. The number of hydrogen-bond acceptors (Lipinski definition) is 4. The molecule has 0 bridgehead atoms. The topological polar surface area (TPSA) is 75.3 Å². The van der Waals surface area contributed by atoms with Crippen LogP contribution in [0.5, 0.6) is 0 Å². The molecular formula is C25H22N2O3S. The summed E-state index contributed by atoms with van der Waals surface area (Å²) < 4.78 is 0. The van der Waals surface area contributed by atoms with Gasteiger partial charge in [-0.25, -0.2) is 0 Å². The monoisotopic (exact) mass is 430 g/mol. The lowest BCUT2D eigenvalue weighted by molar-refractivity contribution is -0.114. The summed E-state index contributed by atoms with van der Waals surface area (Å²) in [6.07, 6.45) is 3.24. The molecule has 3 aromatic carbocycles. The molecule has 3 aromatic rings. The molecule has 0 unspecified atom stereocenters. The van der Waals surface area contributed by atoms with Gasteiger partial charge in [-0.15, -0.1) is 11.8 Å². The van der Waals surface area contributed by atoms with Crippen LogP contribution in [0.15, 0.2) is 89.8 Å². The molecule has 3 rings (SSSR count). The maximum Gasteiger partial charge on any atom is 0.248 e. The zero-order chi connectivity index (χ0) is 22.1. The first-order valence-corrected chi connectivity index (χ1v) is 10.7. The number of rotatable bonds is 8. The van der Waals surface area contributed by atoms with Crippen LogP contribution in [-0.2, 0) is 9.59 Å². The van der Waals surface area contributed by atoms with E-state index in [1.165, 1.54) is 24.8 Å². The fourth-order valence-electron chi connectivity index (χ4n) is 2.72. The standard InChI is InChI=1S/C25H22N2O3S/c1-18(28)20-11-13-21(14-12-20)26-25(30)17-31-23-9-5-8-22(16-23)27-24(29)15-10-19-6-3-2-4-7-19/h2-16H,17H2,1H3,(H,26,30)(H,27,29)/b15-10+. The average Bonchev–Trinajstić information content (AvgIpc) is 2.78. The molecule has 6 heteroatoms. The highest BCUT2D eigenvalue weighted by Crippen LogP contribution is 2.22. The van der Waals surface area contributed by atoms with Crippen LogP contribution in [0.3, 0.4) is 0 Å². The van der Waals surface area contributed by atoms with Crippen molar-refractivity contribution in [2.75, 3.05) is 16.4 Å². The summed E-state index contributed by atoms with van der Waals surface area (Å²) in [4.78, 5) is 36.5. The molecule has 5 nitrogen and oxygen atoms in total. The first-order chi connectivity index (χ1) is 15.0. The van der Waals surface area contributed by atoms with Crippen LogP contribution in [0.25, 0.3) is 6.08 Å². The van der Waals surface area contributed by atoms with E-state index >= 15 is 0 Å². The van der Waals surface area contributed by atoms with E-state index in [-0.39, 0.29) is 23.4 Å². The van der Waals surface area contributed by atoms with Gasteiger partial charge in [0.25, 0.3) is 0 Å². The van der Waals surface area contributed by atoms with Crippen molar-refractivity contribution in [2.45, 2.75) is 11.8 Å². The molecule has 0 aromatic heterocycles. The predicted octanol–water partition coefficient (Wildman–Crippen LogP) is 5.27. The molecule has 2 amide bonds. The zero-order valence-electron chi connectivity index (χ0n) is 17.0. The molecule has 0 heterocycles. The van der Waals surface area contributed by atoms with Gasteiger partial charge in [0.05, 0.1) is 5.75 Å². The molecule has 2 N–H and O–H groups in total. The van der Waals surface area contributed by atoms with Crippen LogP contribution in [0, 0.1) is 0 Å². The van der Waals surface area contributed by atoms with E-state index in [0.717, 1.165) is 10.5 Å². The van der Waals surface area contributed by atoms with Gasteiger partial charge in [0.15, 0.2) is 5.78 Å². The van der Waals surface area contributed by atoms with Crippen molar-refractivity contribution >= 4 is 46.8 Å². The number of benzene rings is 3. The molecule has 0 saturated heterocycles. The summed E-state index contributed by atoms with van der Waals surface area (Å²) >= 11 is 1.37. The van der Waals surface area contributed by atoms with Crippen molar-refractivity contribution in [1.29, 1.82) is 0 Å². The molecule has 156 valence electrons. The van der Waals surface area contributed by atoms with E-state index in [4.69, 9.17) is 0 Å². The number of thioether (sulfide) groups is 1. The highest BCUT2D eigenvalue weighted by Gasteiger charge is 2.06. The Bertz CT molecular complexity index is 1090. The fraction of sp³-hybridized carbons (Fsp3) is 0.0800. The second kappa shape index (κ2) is 10.9. The third-order valence-corrected chi connectivity index (χ3v) is 5.27. The van der Waals surface area contributed by atoms with E-state index in [9.17, 15) is 14.4 Å². The number of hydrogen-bond donors (Lipinski definition) is 2. The molecule has 0 aliphatic heterocycles. The lowest BCUT2D eigenvalue weighted by Crippen LogP contribution is -2.14. The van der Waals surface area contributed by atoms with Crippen molar-refractivity contribution in [3.8, 4) is 0 Å². The highest BCUT2D eigenvalue weighted by molar-refractivity contribution is 8.00. The third-order valence-electron chi connectivity index (χ3n) is 4.27. The summed E-state index contributed by atoms with van der Waals surface area (Å²) in [5.41, 5.74) is 2.85. The van der Waals surface area contributed by atoms with Crippen LogP contribution in [0.1, 0.15) is 22.8 Å². The summed E-state index contributed by atoms with van der Waals surface area (Å²) in [5, 5.41) is 5.63. The first kappa shape index (κ1) is 22.1. The molecule has 0 saturated carbocycles. The second-order valence-electron chi connectivity index (χ2n) is 6.73. The highest BCUT2D eigenvalue weighted by atomic mass is 32.2. The normalized spacial score (nSPS) is 10.6. The lowest BCUT2D eigenvalue weighted by atomic mass is 10.1. The van der Waals surface area contributed by atoms with Crippen LogP contribution in [0.4, 0.5) is 11.4 Å². The van der Waals surface area contributed by atoms with Crippen LogP contribution in [0.2, 0.25) is 0 Å². The minimum absolute atomic E-state index is 0.0176. The third kappa shape index (κ3) is 7.28. The Labute approximate surface area is 185 Å². The van der Waals surface area contributed by atoms with E-state index in [1.54, 1.807) is 36.4 Å². The molecule has 0 atom stereocenters. The molecule has 0 fully saturated rings. The van der Waals surface area contributed by atoms with Gasteiger partial charge in [-0.05, 0) is 61.0 Å². The van der Waals surface area contributed by atoms with Crippen molar-refractivity contribution < 1.29 is 14.4 Å². The van der Waals surface area contributed by atoms with E-state index in [1.807, 2.05) is 48.5 Å². The predicted molar refractivity (Wildman–Crippen MR) is 126 cm³/mol. The Balaban J connectivity index is 1.50. The Hall–Kier alpha value is -3.64. The maximum atomic E-state index is 12.2. The van der Waals surface area contributed by atoms with Gasteiger partial charge in [-0.3, -0.25) is 14.4 Å². The van der Waals surface area contributed by atoms with Crippen LogP contribution < -0.4 is 10.6 Å². The van der Waals surface area contributed by atoms with Crippen LogP contribution >= 0.6 is 11.8 Å². The molecular weight excluding hydrogens is 408 g/mol. The summed E-state index contributed by atoms with van der Waals surface area (Å²) in [6.45, 7) is 1.50. The second-order valence-corrected chi connectivity index (χ2v) is 7.78.